The summed E-state index contributed by atoms with van der Waals surface area (Å²) < 4.78 is 63.1. The second-order valence-electron chi connectivity index (χ2n) is 8.11. The van der Waals surface area contributed by atoms with Gasteiger partial charge >= 0.3 is 6.18 Å². The Labute approximate surface area is 202 Å². The van der Waals surface area contributed by atoms with Gasteiger partial charge in [0.2, 0.25) is 0 Å². The largest absolute Gasteiger partial charge is 0.508 e. The number of halogens is 4. The summed E-state index contributed by atoms with van der Waals surface area (Å²) in [5.41, 5.74) is -0.538. The van der Waals surface area contributed by atoms with Crippen molar-refractivity contribution in [2.45, 2.75) is 51.2 Å². The van der Waals surface area contributed by atoms with E-state index in [2.05, 4.69) is 5.32 Å². The molecule has 4 N–H and O–H groups in total. The third kappa shape index (κ3) is 10.1. The first-order valence-electron chi connectivity index (χ1n) is 11.6. The van der Waals surface area contributed by atoms with Crippen LogP contribution in [0, 0.1) is 5.82 Å². The maximum atomic E-state index is 13.7. The lowest BCUT2D eigenvalue weighted by Gasteiger charge is -2.14. The SMILES string of the molecule is OCc1cc([C@@H](O)CNCCCCCCOCCOCc2c(F)cccc2C(F)(F)F)ccc1O. The minimum absolute atomic E-state index is 0.00462. The molecule has 6 nitrogen and oxygen atoms in total. The molecule has 1 atom stereocenters. The number of unbranched alkanes of at least 4 members (excludes halogenated alkanes) is 3. The van der Waals surface area contributed by atoms with Crippen molar-refractivity contribution < 1.29 is 42.4 Å². The standard InChI is InChI=1S/C25H33F4NO5/c26-22-7-5-6-21(25(27,28)29)20(22)17-35-13-12-34-11-4-2-1-3-10-30-15-24(33)18-8-9-23(32)19(14-18)16-31/h5-9,14,24,30-33H,1-4,10-13,15-17H2/t24-/m0/s1. The molecule has 0 unspecified atom stereocenters. The van der Waals surface area contributed by atoms with Gasteiger partial charge in [-0.05, 0) is 49.2 Å². The minimum Gasteiger partial charge on any atom is -0.508 e. The molecule has 0 saturated heterocycles. The maximum Gasteiger partial charge on any atom is 0.416 e. The highest BCUT2D eigenvalue weighted by atomic mass is 19.4. The smallest absolute Gasteiger partial charge is 0.416 e. The molecule has 2 aromatic rings. The molecule has 0 saturated carbocycles. The van der Waals surface area contributed by atoms with Crippen LogP contribution < -0.4 is 5.32 Å². The van der Waals surface area contributed by atoms with Crippen molar-refractivity contribution in [1.82, 2.24) is 5.32 Å². The molecule has 2 aromatic carbocycles. The van der Waals surface area contributed by atoms with E-state index < -0.39 is 35.8 Å². The summed E-state index contributed by atoms with van der Waals surface area (Å²) in [4.78, 5) is 0. The Hall–Kier alpha value is -2.24. The van der Waals surface area contributed by atoms with Crippen LogP contribution in [0.1, 0.15) is 54.0 Å². The van der Waals surface area contributed by atoms with Crippen molar-refractivity contribution >= 4 is 0 Å². The fraction of sp³-hybridized carbons (Fsp3) is 0.520. The number of alkyl halides is 3. The van der Waals surface area contributed by atoms with Crippen molar-refractivity contribution in [3.8, 4) is 5.75 Å². The van der Waals surface area contributed by atoms with Crippen LogP contribution in [0.4, 0.5) is 17.6 Å². The topological polar surface area (TPSA) is 91.2 Å². The molecule has 0 aliphatic heterocycles. The molecule has 196 valence electrons. The first-order chi connectivity index (χ1) is 16.7. The molecule has 0 bridgehead atoms. The summed E-state index contributed by atoms with van der Waals surface area (Å²) in [6.45, 7) is 1.10. The summed E-state index contributed by atoms with van der Waals surface area (Å²) in [5, 5.41) is 32.1. The summed E-state index contributed by atoms with van der Waals surface area (Å²) >= 11 is 0. The molecule has 0 fully saturated rings. The number of phenols is 1. The van der Waals surface area contributed by atoms with E-state index in [-0.39, 0.29) is 25.6 Å². The fourth-order valence-corrected chi connectivity index (χ4v) is 3.47. The molecule has 0 spiro atoms. The highest BCUT2D eigenvalue weighted by Gasteiger charge is 2.34. The van der Waals surface area contributed by atoms with Crippen LogP contribution in [0.5, 0.6) is 5.75 Å². The Morgan fingerprint density at radius 1 is 0.943 bits per heavy atom. The van der Waals surface area contributed by atoms with E-state index >= 15 is 0 Å². The summed E-state index contributed by atoms with van der Waals surface area (Å²) in [7, 11) is 0. The Morgan fingerprint density at radius 3 is 2.43 bits per heavy atom. The first kappa shape index (κ1) is 29.0. The van der Waals surface area contributed by atoms with Crippen LogP contribution in [0.3, 0.4) is 0 Å². The lowest BCUT2D eigenvalue weighted by molar-refractivity contribution is -0.139. The van der Waals surface area contributed by atoms with Crippen molar-refractivity contribution in [3.05, 3.63) is 64.5 Å². The molecule has 0 aliphatic carbocycles. The monoisotopic (exact) mass is 503 g/mol. The lowest BCUT2D eigenvalue weighted by Crippen LogP contribution is -2.22. The van der Waals surface area contributed by atoms with E-state index in [1.165, 1.54) is 6.07 Å². The Balaban J connectivity index is 1.47. The predicted molar refractivity (Wildman–Crippen MR) is 122 cm³/mol. The molecular weight excluding hydrogens is 470 g/mol. The number of aromatic hydroxyl groups is 1. The second-order valence-corrected chi connectivity index (χ2v) is 8.11. The van der Waals surface area contributed by atoms with Gasteiger partial charge in [-0.25, -0.2) is 4.39 Å². The summed E-state index contributed by atoms with van der Waals surface area (Å²) in [6.07, 6.45) is -1.74. The van der Waals surface area contributed by atoms with Crippen molar-refractivity contribution in [2.75, 3.05) is 32.9 Å². The Morgan fingerprint density at radius 2 is 1.69 bits per heavy atom. The summed E-state index contributed by atoms with van der Waals surface area (Å²) in [5.74, 6) is -0.948. The molecule has 0 radical (unpaired) electrons. The van der Waals surface area contributed by atoms with Gasteiger partial charge in [-0.1, -0.05) is 25.0 Å². The highest BCUT2D eigenvalue weighted by Crippen LogP contribution is 2.33. The highest BCUT2D eigenvalue weighted by molar-refractivity contribution is 5.36. The van der Waals surface area contributed by atoms with Gasteiger partial charge in [0.05, 0.1) is 38.1 Å². The van der Waals surface area contributed by atoms with Gasteiger partial charge in [0.15, 0.2) is 0 Å². The minimum atomic E-state index is -4.64. The van der Waals surface area contributed by atoms with E-state index in [1.807, 2.05) is 0 Å². The van der Waals surface area contributed by atoms with Gasteiger partial charge in [-0.15, -0.1) is 0 Å². The van der Waals surface area contributed by atoms with Crippen LogP contribution in [-0.4, -0.2) is 48.2 Å². The molecule has 0 aliphatic rings. The number of aliphatic hydroxyl groups is 2. The molecular formula is C25H33F4NO5. The van der Waals surface area contributed by atoms with Gasteiger partial charge in [0.25, 0.3) is 0 Å². The number of rotatable bonds is 16. The first-order valence-corrected chi connectivity index (χ1v) is 11.6. The molecule has 0 aromatic heterocycles. The van der Waals surface area contributed by atoms with Gasteiger partial charge in [-0.3, -0.25) is 0 Å². The van der Waals surface area contributed by atoms with Crippen molar-refractivity contribution in [3.63, 3.8) is 0 Å². The van der Waals surface area contributed by atoms with Crippen LogP contribution in [0.15, 0.2) is 36.4 Å². The number of nitrogens with one attached hydrogen (secondary N) is 1. The molecule has 10 heteroatoms. The van der Waals surface area contributed by atoms with E-state index in [0.717, 1.165) is 50.4 Å². The van der Waals surface area contributed by atoms with Crippen LogP contribution in [0.25, 0.3) is 0 Å². The zero-order valence-corrected chi connectivity index (χ0v) is 19.5. The zero-order valence-electron chi connectivity index (χ0n) is 19.5. The zero-order chi connectivity index (χ0) is 25.7. The summed E-state index contributed by atoms with van der Waals surface area (Å²) in [6, 6.07) is 7.48. The Kier molecular flexibility index (Phi) is 12.4. The van der Waals surface area contributed by atoms with Crippen molar-refractivity contribution in [2.24, 2.45) is 0 Å². The molecule has 0 heterocycles. The third-order valence-corrected chi connectivity index (χ3v) is 5.43. The number of hydrogen-bond donors (Lipinski definition) is 4. The third-order valence-electron chi connectivity index (χ3n) is 5.43. The molecule has 35 heavy (non-hydrogen) atoms. The van der Waals surface area contributed by atoms with Gasteiger partial charge in [0, 0.05) is 24.3 Å². The fourth-order valence-electron chi connectivity index (χ4n) is 3.47. The van der Waals surface area contributed by atoms with E-state index in [9.17, 15) is 32.9 Å². The lowest BCUT2D eigenvalue weighted by atomic mass is 10.1. The van der Waals surface area contributed by atoms with Gasteiger partial charge in [0.1, 0.15) is 11.6 Å². The quantitative estimate of drug-likeness (QED) is 0.200. The van der Waals surface area contributed by atoms with Crippen molar-refractivity contribution in [1.29, 1.82) is 0 Å². The number of hydrogen-bond acceptors (Lipinski definition) is 6. The normalized spacial score (nSPS) is 12.7. The number of ether oxygens (including phenoxy) is 2. The number of aliphatic hydroxyl groups excluding tert-OH is 2. The molecule has 0 amide bonds. The average molecular weight is 504 g/mol. The van der Waals surface area contributed by atoms with E-state index in [0.29, 0.717) is 24.3 Å². The maximum absolute atomic E-state index is 13.7. The van der Waals surface area contributed by atoms with Crippen LogP contribution >= 0.6 is 0 Å². The van der Waals surface area contributed by atoms with Crippen LogP contribution in [0.2, 0.25) is 0 Å². The van der Waals surface area contributed by atoms with Crippen LogP contribution in [-0.2, 0) is 28.9 Å². The van der Waals surface area contributed by atoms with Gasteiger partial charge in [-0.2, -0.15) is 13.2 Å². The predicted octanol–water partition coefficient (Wildman–Crippen LogP) is 4.46. The average Bonchev–Trinajstić information content (AvgIpc) is 2.82. The second kappa shape index (κ2) is 15.0. The number of benzene rings is 2. The van der Waals surface area contributed by atoms with E-state index in [1.54, 1.807) is 12.1 Å². The Bertz CT molecular complexity index is 895. The van der Waals surface area contributed by atoms with E-state index in [4.69, 9.17) is 9.47 Å². The molecule has 2 rings (SSSR count). The van der Waals surface area contributed by atoms with Gasteiger partial charge < -0.3 is 30.1 Å².